The summed E-state index contributed by atoms with van der Waals surface area (Å²) in [6, 6.07) is 12.3. The van der Waals surface area contributed by atoms with Crippen molar-refractivity contribution in [2.75, 3.05) is 0 Å². The molecule has 1 aromatic carbocycles. The Morgan fingerprint density at radius 3 is 2.81 bits per heavy atom. The summed E-state index contributed by atoms with van der Waals surface area (Å²) >= 11 is 0. The third-order valence-corrected chi connectivity index (χ3v) is 5.51. The smallest absolute Gasteiger partial charge is 0.338 e. The molecule has 4 rings (SSSR count). The maximum absolute atomic E-state index is 12.5. The van der Waals surface area contributed by atoms with Crippen molar-refractivity contribution < 1.29 is 26.9 Å². The molecule has 0 radical (unpaired) electrons. The average molecular weight is 440 g/mol. The van der Waals surface area contributed by atoms with Crippen molar-refractivity contribution in [1.82, 2.24) is 19.8 Å². The van der Waals surface area contributed by atoms with E-state index >= 15 is 0 Å². The Bertz CT molecular complexity index is 1270. The Labute approximate surface area is 176 Å². The number of nitrogens with one attached hydrogen (secondary N) is 1. The van der Waals surface area contributed by atoms with Crippen molar-refractivity contribution in [2.24, 2.45) is 0 Å². The molecule has 0 saturated heterocycles. The van der Waals surface area contributed by atoms with Crippen LogP contribution in [0.15, 0.2) is 81.0 Å². The van der Waals surface area contributed by atoms with Gasteiger partial charge < -0.3 is 13.7 Å². The van der Waals surface area contributed by atoms with Gasteiger partial charge in [0.25, 0.3) is 5.89 Å². The van der Waals surface area contributed by atoms with Gasteiger partial charge in [0.05, 0.1) is 23.3 Å². The number of hydrogen-bond acceptors (Lipinski definition) is 9. The lowest BCUT2D eigenvalue weighted by Gasteiger charge is -2.07. The summed E-state index contributed by atoms with van der Waals surface area (Å²) in [4.78, 5) is 20.4. The number of ether oxygens (including phenoxy) is 1. The maximum Gasteiger partial charge on any atom is 0.338 e. The summed E-state index contributed by atoms with van der Waals surface area (Å²) in [6.45, 7) is -0.278. The van der Waals surface area contributed by atoms with E-state index in [0.717, 1.165) is 0 Å². The van der Waals surface area contributed by atoms with Crippen LogP contribution in [0.25, 0.3) is 11.4 Å². The Hall–Kier alpha value is -3.83. The first-order valence-electron chi connectivity index (χ1n) is 9.03. The zero-order valence-electron chi connectivity index (χ0n) is 16.0. The van der Waals surface area contributed by atoms with Crippen LogP contribution in [0, 0.1) is 0 Å². The number of furan rings is 1. The van der Waals surface area contributed by atoms with Crippen molar-refractivity contribution in [2.45, 2.75) is 18.0 Å². The molecule has 3 heterocycles. The van der Waals surface area contributed by atoms with Crippen LogP contribution >= 0.6 is 0 Å². The fourth-order valence-corrected chi connectivity index (χ4v) is 3.63. The van der Waals surface area contributed by atoms with Gasteiger partial charge in [-0.25, -0.2) is 17.9 Å². The molecule has 4 aromatic rings. The monoisotopic (exact) mass is 440 g/mol. The van der Waals surface area contributed by atoms with Gasteiger partial charge in [0, 0.05) is 18.0 Å². The Kier molecular flexibility index (Phi) is 5.87. The fraction of sp³-hybridized carbons (Fsp3) is 0.100. The van der Waals surface area contributed by atoms with Crippen LogP contribution in [0.5, 0.6) is 0 Å². The highest BCUT2D eigenvalue weighted by atomic mass is 32.2. The van der Waals surface area contributed by atoms with Crippen molar-refractivity contribution in [3.63, 3.8) is 0 Å². The fourth-order valence-electron chi connectivity index (χ4n) is 2.59. The summed E-state index contributed by atoms with van der Waals surface area (Å²) in [7, 11) is -3.85. The molecular formula is C20H16N4O6S. The second-order valence-corrected chi connectivity index (χ2v) is 8.03. The van der Waals surface area contributed by atoms with E-state index in [4.69, 9.17) is 13.7 Å². The number of carbonyl (C=O) groups excluding carboxylic acids is 1. The van der Waals surface area contributed by atoms with Crippen molar-refractivity contribution in [3.05, 3.63) is 84.4 Å². The quantitative estimate of drug-likeness (QED) is 0.410. The number of hydrogen-bond donors (Lipinski definition) is 1. The predicted molar refractivity (Wildman–Crippen MR) is 106 cm³/mol. The number of benzene rings is 1. The van der Waals surface area contributed by atoms with Crippen LogP contribution < -0.4 is 4.72 Å². The highest BCUT2D eigenvalue weighted by Crippen LogP contribution is 2.16. The third kappa shape index (κ3) is 5.02. The van der Waals surface area contributed by atoms with E-state index in [2.05, 4.69) is 19.8 Å². The van der Waals surface area contributed by atoms with Gasteiger partial charge in [0.1, 0.15) is 5.76 Å². The molecule has 11 heteroatoms. The van der Waals surface area contributed by atoms with E-state index < -0.39 is 16.0 Å². The van der Waals surface area contributed by atoms with Crippen LogP contribution in [-0.2, 0) is 27.9 Å². The largest absolute Gasteiger partial charge is 0.468 e. The summed E-state index contributed by atoms with van der Waals surface area (Å²) in [6.07, 6.45) is 4.64. The SMILES string of the molecule is O=C(OCc1nc(-c2cccnc2)no1)c1cccc(S(=O)(=O)NCc2ccco2)c1. The lowest BCUT2D eigenvalue weighted by Crippen LogP contribution is -2.23. The normalized spacial score (nSPS) is 11.4. The van der Waals surface area contributed by atoms with E-state index in [-0.39, 0.29) is 29.5 Å². The molecule has 0 aliphatic heterocycles. The van der Waals surface area contributed by atoms with Crippen LogP contribution in [0.1, 0.15) is 22.0 Å². The average Bonchev–Trinajstić information content (AvgIpc) is 3.49. The lowest BCUT2D eigenvalue weighted by molar-refractivity contribution is 0.0429. The summed E-state index contributed by atoms with van der Waals surface area (Å²) in [5, 5.41) is 3.81. The number of carbonyl (C=O) groups is 1. The summed E-state index contributed by atoms with van der Waals surface area (Å²) in [5.41, 5.74) is 0.719. The first kappa shape index (κ1) is 20.4. The minimum atomic E-state index is -3.85. The van der Waals surface area contributed by atoms with Gasteiger partial charge in [0.2, 0.25) is 15.8 Å². The molecule has 0 bridgehead atoms. The van der Waals surface area contributed by atoms with E-state index in [1.54, 1.807) is 36.7 Å². The van der Waals surface area contributed by atoms with Crippen LogP contribution in [0.4, 0.5) is 0 Å². The van der Waals surface area contributed by atoms with Gasteiger partial charge in [-0.05, 0) is 42.5 Å². The molecule has 1 N–H and O–H groups in total. The zero-order valence-corrected chi connectivity index (χ0v) is 16.8. The highest BCUT2D eigenvalue weighted by Gasteiger charge is 2.18. The van der Waals surface area contributed by atoms with Gasteiger partial charge in [-0.1, -0.05) is 11.2 Å². The Balaban J connectivity index is 1.39. The molecule has 0 aliphatic carbocycles. The predicted octanol–water partition coefficient (Wildman–Crippen LogP) is 2.56. The standard InChI is InChI=1S/C20H16N4O6S/c25-20(29-13-18-23-19(24-30-18)15-5-2-8-21-11-15)14-4-1-7-17(10-14)31(26,27)22-12-16-6-3-9-28-16/h1-11,22H,12-13H2. The van der Waals surface area contributed by atoms with Gasteiger partial charge in [-0.2, -0.15) is 4.98 Å². The molecule has 0 spiro atoms. The van der Waals surface area contributed by atoms with Gasteiger partial charge >= 0.3 is 5.97 Å². The highest BCUT2D eigenvalue weighted by molar-refractivity contribution is 7.89. The Morgan fingerprint density at radius 1 is 1.13 bits per heavy atom. The summed E-state index contributed by atoms with van der Waals surface area (Å²) in [5.74, 6) is 0.138. The number of rotatable bonds is 8. The second-order valence-electron chi connectivity index (χ2n) is 6.26. The van der Waals surface area contributed by atoms with E-state index in [0.29, 0.717) is 17.1 Å². The molecule has 31 heavy (non-hydrogen) atoms. The number of aromatic nitrogens is 3. The number of pyridine rings is 1. The van der Waals surface area contributed by atoms with E-state index in [9.17, 15) is 13.2 Å². The van der Waals surface area contributed by atoms with Crippen LogP contribution in [0.3, 0.4) is 0 Å². The molecule has 0 fully saturated rings. The molecule has 3 aromatic heterocycles. The summed E-state index contributed by atoms with van der Waals surface area (Å²) < 4.78 is 42.7. The van der Waals surface area contributed by atoms with Crippen molar-refractivity contribution in [1.29, 1.82) is 0 Å². The van der Waals surface area contributed by atoms with Crippen molar-refractivity contribution >= 4 is 16.0 Å². The number of esters is 1. The molecule has 158 valence electrons. The van der Waals surface area contributed by atoms with Gasteiger partial charge in [0.15, 0.2) is 6.61 Å². The zero-order chi connectivity index (χ0) is 21.7. The van der Waals surface area contributed by atoms with Gasteiger partial charge in [-0.3, -0.25) is 4.98 Å². The molecule has 0 aliphatic rings. The second kappa shape index (κ2) is 8.90. The van der Waals surface area contributed by atoms with Crippen LogP contribution in [-0.4, -0.2) is 29.5 Å². The molecule has 10 nitrogen and oxygen atoms in total. The first-order valence-corrected chi connectivity index (χ1v) is 10.5. The molecular weight excluding hydrogens is 424 g/mol. The van der Waals surface area contributed by atoms with Crippen LogP contribution in [0.2, 0.25) is 0 Å². The first-order chi connectivity index (χ1) is 15.0. The molecule has 0 saturated carbocycles. The molecule has 0 amide bonds. The molecule has 0 atom stereocenters. The van der Waals surface area contributed by atoms with Gasteiger partial charge in [-0.15, -0.1) is 0 Å². The maximum atomic E-state index is 12.5. The topological polar surface area (TPSA) is 137 Å². The van der Waals surface area contributed by atoms with E-state index in [1.807, 2.05) is 0 Å². The minimum absolute atomic E-state index is 0.0135. The molecule has 0 unspecified atom stereocenters. The third-order valence-electron chi connectivity index (χ3n) is 4.11. The lowest BCUT2D eigenvalue weighted by atomic mass is 10.2. The number of sulfonamides is 1. The van der Waals surface area contributed by atoms with Crippen molar-refractivity contribution in [3.8, 4) is 11.4 Å². The Morgan fingerprint density at radius 2 is 2.03 bits per heavy atom. The van der Waals surface area contributed by atoms with E-state index in [1.165, 1.54) is 30.5 Å². The number of nitrogens with zero attached hydrogens (tertiary/aromatic N) is 3. The minimum Gasteiger partial charge on any atom is -0.468 e.